The predicted octanol–water partition coefficient (Wildman–Crippen LogP) is 3.08. The molecular formula is C21H22N2O4. The Morgan fingerprint density at radius 1 is 1.15 bits per heavy atom. The molecule has 27 heavy (non-hydrogen) atoms. The van der Waals surface area contributed by atoms with Gasteiger partial charge in [-0.1, -0.05) is 18.2 Å². The summed E-state index contributed by atoms with van der Waals surface area (Å²) in [5.74, 6) is -0.152. The zero-order valence-electron chi connectivity index (χ0n) is 15.2. The summed E-state index contributed by atoms with van der Waals surface area (Å²) in [5, 5.41) is 1.97. The molecule has 140 valence electrons. The molecule has 1 saturated heterocycles. The minimum absolute atomic E-state index is 0.0723. The second kappa shape index (κ2) is 6.95. The molecule has 3 aromatic rings. The first kappa shape index (κ1) is 17.4. The molecule has 0 bridgehead atoms. The fraction of sp³-hybridized carbons (Fsp3) is 0.333. The standard InChI is InChI=1S/C21H22N2O4/c1-13-6-7-14(21(22)25)11-23(13)20(24)12-26-15-8-9-19-17(10-15)16-4-2-3-5-18(16)27-19/h2-5,8-10,13-14H,6-7,11-12H2,1H3,(H2,22,25)/t13-,14+/m1/s1. The number of carbonyl (C=O) groups is 2. The number of hydrogen-bond donors (Lipinski definition) is 1. The van der Waals surface area contributed by atoms with Crippen LogP contribution in [0.4, 0.5) is 0 Å². The zero-order valence-corrected chi connectivity index (χ0v) is 15.2. The maximum absolute atomic E-state index is 12.6. The van der Waals surface area contributed by atoms with Crippen LogP contribution in [0.25, 0.3) is 21.9 Å². The first-order valence-electron chi connectivity index (χ1n) is 9.16. The lowest BCUT2D eigenvalue weighted by Gasteiger charge is -2.36. The van der Waals surface area contributed by atoms with Crippen LogP contribution in [0.2, 0.25) is 0 Å². The molecule has 2 amide bonds. The van der Waals surface area contributed by atoms with Gasteiger partial charge in [-0.3, -0.25) is 9.59 Å². The van der Waals surface area contributed by atoms with Crippen LogP contribution in [0, 0.1) is 5.92 Å². The second-order valence-corrected chi connectivity index (χ2v) is 7.12. The molecule has 4 rings (SSSR count). The van der Waals surface area contributed by atoms with Crippen LogP contribution in [0.15, 0.2) is 46.9 Å². The van der Waals surface area contributed by atoms with E-state index >= 15 is 0 Å². The molecule has 2 heterocycles. The third-order valence-electron chi connectivity index (χ3n) is 5.32. The van der Waals surface area contributed by atoms with Crippen molar-refractivity contribution in [2.75, 3.05) is 13.2 Å². The van der Waals surface area contributed by atoms with Crippen LogP contribution in [0.5, 0.6) is 5.75 Å². The first-order valence-corrected chi connectivity index (χ1v) is 9.16. The molecule has 0 radical (unpaired) electrons. The van der Waals surface area contributed by atoms with Crippen molar-refractivity contribution in [2.24, 2.45) is 11.7 Å². The highest BCUT2D eigenvalue weighted by atomic mass is 16.5. The lowest BCUT2D eigenvalue weighted by atomic mass is 9.93. The molecule has 2 atom stereocenters. The third kappa shape index (κ3) is 3.35. The topological polar surface area (TPSA) is 85.8 Å². The minimum atomic E-state index is -0.349. The summed E-state index contributed by atoms with van der Waals surface area (Å²) in [7, 11) is 0. The number of likely N-dealkylation sites (tertiary alicyclic amines) is 1. The highest BCUT2D eigenvalue weighted by molar-refractivity contribution is 6.05. The van der Waals surface area contributed by atoms with Crippen molar-refractivity contribution >= 4 is 33.8 Å². The summed E-state index contributed by atoms with van der Waals surface area (Å²) in [6.45, 7) is 2.28. The molecule has 0 unspecified atom stereocenters. The highest BCUT2D eigenvalue weighted by Crippen LogP contribution is 2.31. The quantitative estimate of drug-likeness (QED) is 0.769. The van der Waals surface area contributed by atoms with E-state index < -0.39 is 0 Å². The van der Waals surface area contributed by atoms with Gasteiger partial charge >= 0.3 is 0 Å². The van der Waals surface area contributed by atoms with Gasteiger partial charge in [0.05, 0.1) is 5.92 Å². The van der Waals surface area contributed by atoms with Crippen LogP contribution in [-0.4, -0.2) is 35.9 Å². The normalized spacial score (nSPS) is 20.1. The fourth-order valence-corrected chi connectivity index (χ4v) is 3.71. The van der Waals surface area contributed by atoms with Gasteiger partial charge in [0.15, 0.2) is 6.61 Å². The van der Waals surface area contributed by atoms with Gasteiger partial charge in [-0.05, 0) is 44.0 Å². The molecule has 6 heteroatoms. The monoisotopic (exact) mass is 366 g/mol. The minimum Gasteiger partial charge on any atom is -0.484 e. The Morgan fingerprint density at radius 2 is 1.93 bits per heavy atom. The number of carbonyl (C=O) groups excluding carboxylic acids is 2. The van der Waals surface area contributed by atoms with Gasteiger partial charge in [-0.25, -0.2) is 0 Å². The van der Waals surface area contributed by atoms with Gasteiger partial charge in [0.25, 0.3) is 5.91 Å². The molecule has 1 aromatic heterocycles. The lowest BCUT2D eigenvalue weighted by Crippen LogP contribution is -2.50. The van der Waals surface area contributed by atoms with Crippen molar-refractivity contribution in [2.45, 2.75) is 25.8 Å². The van der Waals surface area contributed by atoms with Crippen LogP contribution < -0.4 is 10.5 Å². The second-order valence-electron chi connectivity index (χ2n) is 7.12. The Labute approximate surface area is 156 Å². The Hall–Kier alpha value is -3.02. The van der Waals surface area contributed by atoms with Crippen molar-refractivity contribution < 1.29 is 18.7 Å². The smallest absolute Gasteiger partial charge is 0.260 e. The van der Waals surface area contributed by atoms with Crippen LogP contribution in [0.1, 0.15) is 19.8 Å². The number of amides is 2. The molecule has 0 spiro atoms. The average molecular weight is 366 g/mol. The van der Waals surface area contributed by atoms with Gasteiger partial charge < -0.3 is 19.8 Å². The van der Waals surface area contributed by atoms with E-state index in [0.717, 1.165) is 34.8 Å². The predicted molar refractivity (Wildman–Crippen MR) is 102 cm³/mol. The van der Waals surface area contributed by atoms with Crippen molar-refractivity contribution in [3.8, 4) is 5.75 Å². The van der Waals surface area contributed by atoms with E-state index in [1.54, 1.807) is 11.0 Å². The number of ether oxygens (including phenoxy) is 1. The molecule has 6 nitrogen and oxygen atoms in total. The Bertz CT molecular complexity index is 1010. The van der Waals surface area contributed by atoms with E-state index in [2.05, 4.69) is 0 Å². The van der Waals surface area contributed by atoms with Crippen LogP contribution >= 0.6 is 0 Å². The van der Waals surface area contributed by atoms with Gasteiger partial charge in [0, 0.05) is 23.4 Å². The van der Waals surface area contributed by atoms with Crippen molar-refractivity contribution in [1.82, 2.24) is 4.90 Å². The summed E-state index contributed by atoms with van der Waals surface area (Å²) < 4.78 is 11.5. The van der Waals surface area contributed by atoms with E-state index in [9.17, 15) is 9.59 Å². The highest BCUT2D eigenvalue weighted by Gasteiger charge is 2.31. The zero-order chi connectivity index (χ0) is 19.0. The third-order valence-corrected chi connectivity index (χ3v) is 5.32. The Balaban J connectivity index is 1.48. The maximum Gasteiger partial charge on any atom is 0.260 e. The molecule has 0 saturated carbocycles. The summed E-state index contributed by atoms with van der Waals surface area (Å²) in [5.41, 5.74) is 7.01. The number of piperidine rings is 1. The number of furan rings is 1. The number of rotatable bonds is 4. The van der Waals surface area contributed by atoms with E-state index in [-0.39, 0.29) is 30.4 Å². The Morgan fingerprint density at radius 3 is 2.74 bits per heavy atom. The summed E-state index contributed by atoms with van der Waals surface area (Å²) in [4.78, 5) is 25.8. The average Bonchev–Trinajstić information content (AvgIpc) is 3.04. The van der Waals surface area contributed by atoms with E-state index in [4.69, 9.17) is 14.9 Å². The first-order chi connectivity index (χ1) is 13.0. The van der Waals surface area contributed by atoms with Gasteiger partial charge in [-0.15, -0.1) is 0 Å². The number of primary amides is 1. The molecule has 1 aliphatic rings. The van der Waals surface area contributed by atoms with E-state index in [0.29, 0.717) is 12.3 Å². The number of fused-ring (bicyclic) bond motifs is 3. The lowest BCUT2D eigenvalue weighted by molar-refractivity contribution is -0.139. The number of hydrogen-bond acceptors (Lipinski definition) is 4. The molecule has 2 N–H and O–H groups in total. The summed E-state index contributed by atoms with van der Waals surface area (Å²) in [6, 6.07) is 13.4. The maximum atomic E-state index is 12.6. The van der Waals surface area contributed by atoms with Gasteiger partial charge in [0.1, 0.15) is 16.9 Å². The molecule has 2 aromatic carbocycles. The van der Waals surface area contributed by atoms with Crippen LogP contribution in [0.3, 0.4) is 0 Å². The number of para-hydroxylation sites is 1. The summed E-state index contributed by atoms with van der Waals surface area (Å²) in [6.07, 6.45) is 1.50. The van der Waals surface area contributed by atoms with Crippen molar-refractivity contribution in [1.29, 1.82) is 0 Å². The van der Waals surface area contributed by atoms with Crippen molar-refractivity contribution in [3.05, 3.63) is 42.5 Å². The van der Waals surface area contributed by atoms with Crippen molar-refractivity contribution in [3.63, 3.8) is 0 Å². The molecule has 1 aliphatic heterocycles. The van der Waals surface area contributed by atoms with Gasteiger partial charge in [0.2, 0.25) is 5.91 Å². The number of benzene rings is 2. The largest absolute Gasteiger partial charge is 0.484 e. The number of nitrogens with zero attached hydrogens (tertiary/aromatic N) is 1. The Kier molecular flexibility index (Phi) is 4.48. The summed E-state index contributed by atoms with van der Waals surface area (Å²) >= 11 is 0. The van der Waals surface area contributed by atoms with E-state index in [1.165, 1.54) is 0 Å². The molecule has 1 fully saturated rings. The van der Waals surface area contributed by atoms with Gasteiger partial charge in [-0.2, -0.15) is 0 Å². The molecular weight excluding hydrogens is 344 g/mol. The number of nitrogens with two attached hydrogens (primary N) is 1. The molecule has 0 aliphatic carbocycles. The SMILES string of the molecule is C[C@@H]1CC[C@H](C(N)=O)CN1C(=O)COc1ccc2oc3ccccc3c2c1. The van der Waals surface area contributed by atoms with E-state index in [1.807, 2.05) is 43.3 Å². The van der Waals surface area contributed by atoms with Crippen LogP contribution in [-0.2, 0) is 9.59 Å². The fourth-order valence-electron chi connectivity index (χ4n) is 3.71.